The van der Waals surface area contributed by atoms with Crippen molar-refractivity contribution in [3.63, 3.8) is 0 Å². The van der Waals surface area contributed by atoms with Gasteiger partial charge in [0.25, 0.3) is 0 Å². The third kappa shape index (κ3) is 16.0. The number of benzene rings is 2. The van der Waals surface area contributed by atoms with Gasteiger partial charge in [-0.05, 0) is 0 Å². The first kappa shape index (κ1) is 38.0. The van der Waals surface area contributed by atoms with E-state index in [1.54, 1.807) is 4.90 Å². The Morgan fingerprint density at radius 3 is 1.97 bits per heavy atom. The maximum Gasteiger partial charge on any atom is 0 e. The Morgan fingerprint density at radius 2 is 1.52 bits per heavy atom. The Hall–Kier alpha value is -0.303. The number of alkyl halides is 1. The molecule has 0 atom stereocenters. The standard InChI is InChI=1S/C20H18FNO.2C2H6.CH3.V.W.Y/c1-3-20(23-19-12-8-5-9-13-19)17(2)22(15-14-21)16-18-10-6-4-7-11-18;2*1-2;;;;/h1-13,15H,14,16H2;2*1-2H3;1H3;;;/q-2;;;-1;;;/i21-1;;;;;;. The van der Waals surface area contributed by atoms with Crippen molar-refractivity contribution in [2.45, 2.75) is 34.2 Å². The molecule has 2 aromatic carbocycles. The van der Waals surface area contributed by atoms with E-state index in [0.29, 0.717) is 23.8 Å². The number of para-hydroxylation sites is 1. The van der Waals surface area contributed by atoms with Crippen LogP contribution in [0.1, 0.15) is 33.3 Å². The largest absolute Gasteiger partial charge is 0.358 e. The van der Waals surface area contributed by atoms with Crippen LogP contribution in [0.3, 0.4) is 0 Å². The van der Waals surface area contributed by atoms with Crippen molar-refractivity contribution in [1.29, 1.82) is 0 Å². The van der Waals surface area contributed by atoms with Gasteiger partial charge in [-0.3, -0.25) is 0 Å². The fourth-order valence-electron chi connectivity index (χ4n) is 2.10. The average molecular weight is 705 g/mol. The van der Waals surface area contributed by atoms with Crippen molar-refractivity contribution < 1.29 is 79.7 Å². The van der Waals surface area contributed by atoms with Gasteiger partial charge in [-0.1, -0.05) is 27.7 Å². The van der Waals surface area contributed by atoms with Crippen LogP contribution in [0.4, 0.5) is 4.39 Å². The topological polar surface area (TPSA) is 12.5 Å². The van der Waals surface area contributed by atoms with Crippen molar-refractivity contribution in [2.75, 3.05) is 6.67 Å². The van der Waals surface area contributed by atoms with Crippen molar-refractivity contribution in [3.8, 4) is 5.75 Å². The van der Waals surface area contributed by atoms with E-state index >= 15 is 0 Å². The molecule has 0 N–H and O–H groups in total. The maximum absolute atomic E-state index is 13.0. The van der Waals surface area contributed by atoms with Crippen LogP contribution < -0.4 is 4.74 Å². The summed E-state index contributed by atoms with van der Waals surface area (Å²) in [6.07, 6.45) is 1.81. The molecule has 0 aliphatic carbocycles. The average Bonchev–Trinajstić information content (AvgIpc) is 2.77. The van der Waals surface area contributed by atoms with Crippen LogP contribution in [0.2, 0.25) is 0 Å². The van der Waals surface area contributed by atoms with E-state index in [-0.39, 0.29) is 58.7 Å². The first-order valence-corrected chi connectivity index (χ1v) is 11.1. The molecule has 31 heavy (non-hydrogen) atoms. The molecule has 0 saturated carbocycles. The Bertz CT molecular complexity index is 699. The summed E-state index contributed by atoms with van der Waals surface area (Å²) in [7, 11) is 0. The van der Waals surface area contributed by atoms with Gasteiger partial charge in [-0.2, -0.15) is 0 Å². The van der Waals surface area contributed by atoms with E-state index in [0.717, 1.165) is 5.56 Å². The fourth-order valence-corrected chi connectivity index (χ4v) is 2.55. The Morgan fingerprint density at radius 1 is 1.03 bits per heavy atom. The van der Waals surface area contributed by atoms with E-state index in [9.17, 15) is 4.39 Å². The Kier molecular flexibility index (Phi) is 31.8. The summed E-state index contributed by atoms with van der Waals surface area (Å²) in [5.41, 5.74) is 1.41. The van der Waals surface area contributed by atoms with E-state index in [2.05, 4.69) is 0 Å². The first-order chi connectivity index (χ1) is 13.7. The van der Waals surface area contributed by atoms with Crippen molar-refractivity contribution >= 4 is 4.40 Å². The summed E-state index contributed by atoms with van der Waals surface area (Å²) in [6, 6.07) is 19.2. The minimum absolute atomic E-state index is 0. The zero-order valence-electron chi connectivity index (χ0n) is 19.2. The zero-order chi connectivity index (χ0) is 21.2. The van der Waals surface area contributed by atoms with Gasteiger partial charge < -0.3 is 7.43 Å². The number of ether oxygens (including phenoxy) is 1. The van der Waals surface area contributed by atoms with Gasteiger partial charge in [-0.25, -0.2) is 0 Å². The van der Waals surface area contributed by atoms with Crippen LogP contribution in [-0.2, 0) is 77.2 Å². The molecule has 2 rings (SSSR count). The summed E-state index contributed by atoms with van der Waals surface area (Å²) in [5.74, 6) is 1.18. The number of hydrogen-bond acceptors (Lipinski definition) is 2. The van der Waals surface area contributed by atoms with Crippen molar-refractivity contribution in [2.24, 2.45) is 0 Å². The molecule has 0 aliphatic rings. The molecule has 0 aliphatic heterocycles. The summed E-state index contributed by atoms with van der Waals surface area (Å²) >= 11 is 1.27. The van der Waals surface area contributed by atoms with Crippen LogP contribution >= 0.6 is 0 Å². The molecule has 0 heterocycles. The van der Waals surface area contributed by atoms with Gasteiger partial charge in [0.2, 0.25) is 0 Å². The normalized spacial score (nSPS) is 8.87. The van der Waals surface area contributed by atoms with Crippen LogP contribution in [0, 0.1) is 20.6 Å². The SMILES string of the molecule is CC.CC.[CH-]=C(C(=C[CH]=[W])Oc1ccccc1)N([CH-]C[18F])Cc1ccccc1.[CH3-].[V].[Y]. The predicted octanol–water partition coefficient (Wildman–Crippen LogP) is 6.75. The van der Waals surface area contributed by atoms with Gasteiger partial charge >= 0.3 is 154 Å². The Labute approximate surface area is 237 Å². The molecule has 168 valence electrons. The maximum atomic E-state index is 13.0. The second-order valence-corrected chi connectivity index (χ2v) is 5.90. The van der Waals surface area contributed by atoms with Crippen LogP contribution in [0.5, 0.6) is 5.75 Å². The van der Waals surface area contributed by atoms with Crippen LogP contribution in [-0.4, -0.2) is 16.0 Å². The number of hydrogen-bond donors (Lipinski definition) is 0. The summed E-state index contributed by atoms with van der Waals surface area (Å²) in [5, 5.41) is 0. The molecule has 0 fully saturated rings. The molecular weight excluding hydrogens is 672 g/mol. The van der Waals surface area contributed by atoms with Crippen LogP contribution in [0.15, 0.2) is 78.2 Å². The van der Waals surface area contributed by atoms with Gasteiger partial charge in [0.05, 0.1) is 0 Å². The molecule has 2 nitrogen and oxygen atoms in total. The Balaban J connectivity index is -0.000000491. The predicted molar refractivity (Wildman–Crippen MR) is 120 cm³/mol. The van der Waals surface area contributed by atoms with Gasteiger partial charge in [0.15, 0.2) is 0 Å². The number of rotatable bonds is 9. The number of allylic oxidation sites excluding steroid dienone is 1. The van der Waals surface area contributed by atoms with Gasteiger partial charge in [0.1, 0.15) is 0 Å². The molecule has 0 unspecified atom stereocenters. The summed E-state index contributed by atoms with van der Waals surface area (Å²) in [4.78, 5) is 1.67. The van der Waals surface area contributed by atoms with Crippen molar-refractivity contribution in [3.05, 3.63) is 104 Å². The van der Waals surface area contributed by atoms with Crippen LogP contribution in [0.25, 0.3) is 0 Å². The van der Waals surface area contributed by atoms with E-state index in [4.69, 9.17) is 11.3 Å². The van der Waals surface area contributed by atoms with E-state index in [1.807, 2.05) is 98.8 Å². The molecule has 0 saturated heterocycles. The molecule has 0 aromatic heterocycles. The minimum Gasteiger partial charge on any atom is -0.358 e. The van der Waals surface area contributed by atoms with E-state index in [1.165, 1.54) is 25.9 Å². The monoisotopic (exact) mass is 705 g/mol. The molecule has 0 spiro atoms. The van der Waals surface area contributed by atoms with E-state index < -0.39 is 6.67 Å². The molecule has 2 radical (unpaired) electrons. The molecule has 6 heteroatoms. The molecule has 2 aromatic rings. The van der Waals surface area contributed by atoms with Gasteiger partial charge in [0, 0.05) is 51.3 Å². The number of nitrogens with zero attached hydrogens (tertiary/aromatic N) is 1. The fraction of sp³-hybridized carbons (Fsp3) is 0.240. The molecule has 0 bridgehead atoms. The second-order valence-electron chi connectivity index (χ2n) is 4.92. The zero-order valence-corrected chi connectivity index (χ0v) is 26.3. The van der Waals surface area contributed by atoms with Gasteiger partial charge in [-0.15, -0.1) is 0 Å². The quantitative estimate of drug-likeness (QED) is 0.163. The summed E-state index contributed by atoms with van der Waals surface area (Å²) in [6.45, 7) is 15.6. The third-order valence-corrected chi connectivity index (χ3v) is 3.73. The molecular formula is C25H33FNOVWY-3. The number of halogens is 1. The second kappa shape index (κ2) is 26.0. The summed E-state index contributed by atoms with van der Waals surface area (Å²) < 4.78 is 20.7. The third-order valence-electron chi connectivity index (χ3n) is 3.24. The smallest absolute Gasteiger partial charge is 0 e. The van der Waals surface area contributed by atoms with Crippen molar-refractivity contribution in [1.82, 2.24) is 4.90 Å². The molecule has 0 amide bonds. The first-order valence-electron chi connectivity index (χ1n) is 9.45. The minimum atomic E-state index is -0.604.